The van der Waals surface area contributed by atoms with Crippen LogP contribution in [-0.4, -0.2) is 125 Å². The summed E-state index contributed by atoms with van der Waals surface area (Å²) in [5.74, 6) is -6.06. The highest BCUT2D eigenvalue weighted by Crippen LogP contribution is 2.42. The lowest BCUT2D eigenvalue weighted by molar-refractivity contribution is -0.338. The molecule has 0 aromatic carbocycles. The normalized spacial score (nSPS) is 42.7. The predicted molar refractivity (Wildman–Crippen MR) is 224 cm³/mol. The van der Waals surface area contributed by atoms with Crippen molar-refractivity contribution in [1.29, 1.82) is 0 Å². The molecule has 7 N–H and O–H groups in total. The molecule has 2 saturated heterocycles. The molecule has 2 fully saturated rings. The molecule has 3 aliphatic rings. The van der Waals surface area contributed by atoms with Crippen LogP contribution in [0.2, 0.25) is 0 Å². The number of cyclic esters (lactones) is 1. The Morgan fingerprint density at radius 1 is 1.05 bits per heavy atom. The van der Waals surface area contributed by atoms with Gasteiger partial charge in [0.25, 0.3) is 0 Å². The minimum absolute atomic E-state index is 0.0314. The zero-order valence-electron chi connectivity index (χ0n) is 37.5. The second kappa shape index (κ2) is 22.8. The number of nitrogens with two attached hydrogens (primary N) is 1. The molecule has 3 heterocycles. The third-order valence-corrected chi connectivity index (χ3v) is 12.5. The Morgan fingerprint density at radius 3 is 2.30 bits per heavy atom. The van der Waals surface area contributed by atoms with Crippen molar-refractivity contribution in [3.63, 3.8) is 0 Å². The third-order valence-electron chi connectivity index (χ3n) is 12.5. The summed E-state index contributed by atoms with van der Waals surface area (Å²) >= 11 is 0. The van der Waals surface area contributed by atoms with Crippen molar-refractivity contribution in [2.24, 2.45) is 41.2 Å². The summed E-state index contributed by atoms with van der Waals surface area (Å²) in [5, 5.41) is 57.6. The van der Waals surface area contributed by atoms with Gasteiger partial charge in [-0.15, -0.1) is 0 Å². The highest BCUT2D eigenvalue weighted by atomic mass is 16.7. The number of ether oxygens (including phenoxy) is 7. The number of aliphatic hydroxyl groups excluding tert-OH is 4. The summed E-state index contributed by atoms with van der Waals surface area (Å²) in [6.45, 7) is 18.0. The number of carbonyl (C=O) groups is 2. The van der Waals surface area contributed by atoms with E-state index < -0.39 is 103 Å². The van der Waals surface area contributed by atoms with Crippen LogP contribution in [0.4, 0.5) is 4.79 Å². The standard InChI is InChI=1S/C45H73NO14/c1-13-15-33-27(6)36(57-37-21-32(47)42(31(10)56-37)59-44(46)52)22-45(53,60-33)30(9)40(50)29(8)41-34(54-11)17-14-16-23(2)18-25(4)38(48)28(7)39(49)26(5)19-24(3)20-35(55-12)43(51)58-41/h13-17,19-20,25-34,36-42,47-50,53H,18,21-22H2,1-12H3,(H2,46,52)/b15-13+,17-14+,23-16+,24-19+,35-20-/t25-,26-,27-,28+,29+,30+,31-,32-,33-,34+,36-,37+,38+,39-,40-,41+,42-,45-/m1/s1. The highest BCUT2D eigenvalue weighted by molar-refractivity contribution is 5.87. The first kappa shape index (κ1) is 51.2. The first-order valence-corrected chi connectivity index (χ1v) is 21.1. The van der Waals surface area contributed by atoms with E-state index in [0.29, 0.717) is 12.0 Å². The summed E-state index contributed by atoms with van der Waals surface area (Å²) in [6.07, 6.45) is 1.54. The number of hydrogen-bond donors (Lipinski definition) is 6. The monoisotopic (exact) mass is 852 g/mol. The summed E-state index contributed by atoms with van der Waals surface area (Å²) in [6, 6.07) is 0. The number of primary amides is 1. The minimum Gasteiger partial charge on any atom is -0.490 e. The number of allylic oxidation sites excluding steroid dienone is 6. The van der Waals surface area contributed by atoms with E-state index in [-0.39, 0.29) is 36.4 Å². The van der Waals surface area contributed by atoms with Crippen molar-refractivity contribution in [1.82, 2.24) is 0 Å². The zero-order chi connectivity index (χ0) is 45.2. The second-order valence-electron chi connectivity index (χ2n) is 17.3. The van der Waals surface area contributed by atoms with Crippen LogP contribution < -0.4 is 5.73 Å². The number of aliphatic hydroxyl groups is 5. The number of esters is 1. The Labute approximate surface area is 356 Å². The molecule has 60 heavy (non-hydrogen) atoms. The van der Waals surface area contributed by atoms with Gasteiger partial charge >= 0.3 is 12.1 Å². The Hall–Kier alpha value is -3.12. The van der Waals surface area contributed by atoms with Crippen molar-refractivity contribution in [3.8, 4) is 0 Å². The molecule has 3 rings (SSSR count). The molecular formula is C45H73NO14. The Bertz CT molecular complexity index is 1550. The summed E-state index contributed by atoms with van der Waals surface area (Å²) < 4.78 is 41.3. The molecule has 0 spiro atoms. The van der Waals surface area contributed by atoms with Gasteiger partial charge in [-0.3, -0.25) is 0 Å². The van der Waals surface area contributed by atoms with Crippen LogP contribution in [0, 0.1) is 35.5 Å². The van der Waals surface area contributed by atoms with Crippen LogP contribution in [-0.2, 0) is 38.0 Å². The molecule has 0 aromatic rings. The summed E-state index contributed by atoms with van der Waals surface area (Å²) in [7, 11) is 2.80. The SMILES string of the molecule is C/C=C/[C@H]1O[C@@](O)([C@@H](C)[C@H](O)[C@H](C)[C@@H]2OC(=O)/C(OC)=C/C(C)=C/[C@@H](C)[C@@H](O)[C@@H](C)[C@@H](O)[C@H](C)C/C(C)=C/C=C/[C@@H]2OC)C[C@@H](O[C@H]2C[C@@H](O)[C@H](OC(N)=O)[C@@H](C)O2)[C@@H]1C. The van der Waals surface area contributed by atoms with Crippen molar-refractivity contribution >= 4 is 12.1 Å². The van der Waals surface area contributed by atoms with Gasteiger partial charge < -0.3 is 64.4 Å². The van der Waals surface area contributed by atoms with Crippen LogP contribution in [0.5, 0.6) is 0 Å². The van der Waals surface area contributed by atoms with E-state index in [0.717, 1.165) is 5.57 Å². The molecule has 3 aliphatic heterocycles. The van der Waals surface area contributed by atoms with Crippen molar-refractivity contribution in [3.05, 3.63) is 59.4 Å². The summed E-state index contributed by atoms with van der Waals surface area (Å²) in [4.78, 5) is 25.3. The lowest BCUT2D eigenvalue weighted by Crippen LogP contribution is -2.59. The van der Waals surface area contributed by atoms with E-state index >= 15 is 0 Å². The van der Waals surface area contributed by atoms with Crippen molar-refractivity contribution < 1.29 is 68.3 Å². The number of hydrogen-bond acceptors (Lipinski definition) is 14. The molecule has 15 nitrogen and oxygen atoms in total. The maximum Gasteiger partial charge on any atom is 0.404 e. The smallest absolute Gasteiger partial charge is 0.404 e. The number of amides is 1. The van der Waals surface area contributed by atoms with Crippen LogP contribution >= 0.6 is 0 Å². The number of carbonyl (C=O) groups excluding carboxylic acids is 2. The predicted octanol–water partition coefficient (Wildman–Crippen LogP) is 4.59. The van der Waals surface area contributed by atoms with E-state index in [4.69, 9.17) is 38.9 Å². The summed E-state index contributed by atoms with van der Waals surface area (Å²) in [5.41, 5.74) is 6.76. The first-order chi connectivity index (χ1) is 28.1. The molecule has 15 heteroatoms. The Morgan fingerprint density at radius 2 is 1.72 bits per heavy atom. The van der Waals surface area contributed by atoms with Gasteiger partial charge in [-0.25, -0.2) is 9.59 Å². The fourth-order valence-electron chi connectivity index (χ4n) is 8.64. The van der Waals surface area contributed by atoms with Gasteiger partial charge in [0.15, 0.2) is 18.2 Å². The van der Waals surface area contributed by atoms with E-state index in [1.54, 1.807) is 58.1 Å². The quantitative estimate of drug-likeness (QED) is 0.131. The van der Waals surface area contributed by atoms with Gasteiger partial charge in [0.1, 0.15) is 12.2 Å². The molecule has 0 unspecified atom stereocenters. The molecular weight excluding hydrogens is 778 g/mol. The third kappa shape index (κ3) is 13.2. The Kier molecular flexibility index (Phi) is 19.5. The molecule has 0 aliphatic carbocycles. The van der Waals surface area contributed by atoms with Crippen LogP contribution in [0.3, 0.4) is 0 Å². The average molecular weight is 852 g/mol. The van der Waals surface area contributed by atoms with Gasteiger partial charge in [0.2, 0.25) is 5.76 Å². The molecule has 0 saturated carbocycles. The van der Waals surface area contributed by atoms with Gasteiger partial charge in [-0.2, -0.15) is 0 Å². The molecule has 0 radical (unpaired) electrons. The highest BCUT2D eigenvalue weighted by Gasteiger charge is 2.52. The van der Waals surface area contributed by atoms with Crippen molar-refractivity contribution in [2.75, 3.05) is 14.2 Å². The average Bonchev–Trinajstić information content (AvgIpc) is 3.18. The number of methoxy groups -OCH3 is 2. The molecule has 1 amide bonds. The molecule has 0 aromatic heterocycles. The molecule has 0 bridgehead atoms. The topological polar surface area (TPSA) is 226 Å². The van der Waals surface area contributed by atoms with Gasteiger partial charge in [-0.1, -0.05) is 89.1 Å². The van der Waals surface area contributed by atoms with Gasteiger partial charge in [0, 0.05) is 49.5 Å². The van der Waals surface area contributed by atoms with Crippen LogP contribution in [0.15, 0.2) is 59.4 Å². The molecule has 18 atom stereocenters. The van der Waals surface area contributed by atoms with E-state index in [2.05, 4.69) is 0 Å². The zero-order valence-corrected chi connectivity index (χ0v) is 37.5. The first-order valence-electron chi connectivity index (χ1n) is 21.1. The van der Waals surface area contributed by atoms with Crippen LogP contribution in [0.25, 0.3) is 0 Å². The maximum atomic E-state index is 13.9. The number of rotatable bonds is 10. The fraction of sp³-hybridized carbons (Fsp3) is 0.733. The van der Waals surface area contributed by atoms with Gasteiger partial charge in [-0.05, 0) is 46.1 Å². The van der Waals surface area contributed by atoms with Gasteiger partial charge in [0.05, 0.1) is 49.8 Å². The minimum atomic E-state index is -1.97. The fourth-order valence-corrected chi connectivity index (χ4v) is 8.64. The van der Waals surface area contributed by atoms with E-state index in [1.165, 1.54) is 20.3 Å². The maximum absolute atomic E-state index is 13.9. The van der Waals surface area contributed by atoms with E-state index in [1.807, 2.05) is 47.6 Å². The lowest BCUT2D eigenvalue weighted by Gasteiger charge is -2.49. The van der Waals surface area contributed by atoms with E-state index in [9.17, 15) is 35.1 Å². The second-order valence-corrected chi connectivity index (χ2v) is 17.3. The Balaban J connectivity index is 1.99. The van der Waals surface area contributed by atoms with Crippen molar-refractivity contribution in [2.45, 2.75) is 162 Å². The molecule has 342 valence electrons. The lowest BCUT2D eigenvalue weighted by atomic mass is 9.77. The largest absolute Gasteiger partial charge is 0.490 e. The van der Waals surface area contributed by atoms with Crippen LogP contribution in [0.1, 0.15) is 88.5 Å².